The molecule has 1 aliphatic heterocycles. The predicted molar refractivity (Wildman–Crippen MR) is 68.4 cm³/mol. The minimum absolute atomic E-state index is 0.411. The van der Waals surface area contributed by atoms with E-state index in [9.17, 15) is 4.39 Å². The van der Waals surface area contributed by atoms with Gasteiger partial charge in [-0.25, -0.2) is 4.39 Å². The summed E-state index contributed by atoms with van der Waals surface area (Å²) in [5.74, 6) is 0.702. The lowest BCUT2D eigenvalue weighted by Gasteiger charge is -2.13. The van der Waals surface area contributed by atoms with Gasteiger partial charge >= 0.3 is 0 Å². The van der Waals surface area contributed by atoms with Crippen molar-refractivity contribution in [3.8, 4) is 0 Å². The molecule has 2 N–H and O–H groups in total. The first-order chi connectivity index (χ1) is 7.79. The lowest BCUT2D eigenvalue weighted by atomic mass is 10.1. The summed E-state index contributed by atoms with van der Waals surface area (Å²) >= 11 is 3.45. The zero-order chi connectivity index (χ0) is 11.4. The van der Waals surface area contributed by atoms with Gasteiger partial charge in [0.1, 0.15) is 6.67 Å². The summed E-state index contributed by atoms with van der Waals surface area (Å²) in [4.78, 5) is 0. The Balaban J connectivity index is 1.93. The molecule has 2 nitrogen and oxygen atoms in total. The van der Waals surface area contributed by atoms with E-state index in [0.29, 0.717) is 11.5 Å². The maximum Gasteiger partial charge on any atom is 0.115 e. The number of anilines is 1. The molecule has 88 valence electrons. The Bertz CT molecular complexity index is 351. The molecule has 0 saturated carbocycles. The van der Waals surface area contributed by atoms with Gasteiger partial charge in [-0.05, 0) is 59.1 Å². The molecule has 4 heteroatoms. The predicted octanol–water partition coefficient (Wildman–Crippen LogP) is 2.94. The van der Waals surface area contributed by atoms with E-state index in [1.165, 1.54) is 6.42 Å². The largest absolute Gasteiger partial charge is 0.384 e. The van der Waals surface area contributed by atoms with Crippen molar-refractivity contribution in [2.24, 2.45) is 5.92 Å². The fraction of sp³-hybridized carbons (Fsp3) is 0.500. The highest BCUT2D eigenvalue weighted by Crippen LogP contribution is 2.24. The van der Waals surface area contributed by atoms with E-state index >= 15 is 0 Å². The van der Waals surface area contributed by atoms with Crippen LogP contribution in [-0.4, -0.2) is 19.6 Å². The maximum absolute atomic E-state index is 12.4. The molecule has 0 bridgehead atoms. The van der Waals surface area contributed by atoms with E-state index in [1.54, 1.807) is 0 Å². The summed E-state index contributed by atoms with van der Waals surface area (Å²) in [5.41, 5.74) is 1.75. The van der Waals surface area contributed by atoms with Crippen molar-refractivity contribution in [1.29, 1.82) is 0 Å². The summed E-state index contributed by atoms with van der Waals surface area (Å²) in [6, 6.07) is 5.58. The van der Waals surface area contributed by atoms with Crippen molar-refractivity contribution in [1.82, 2.24) is 5.32 Å². The molecule has 2 rings (SSSR count). The molecule has 0 spiro atoms. The van der Waals surface area contributed by atoms with Crippen molar-refractivity contribution < 1.29 is 4.39 Å². The molecule has 0 aliphatic carbocycles. The molecule has 16 heavy (non-hydrogen) atoms. The van der Waals surface area contributed by atoms with Crippen LogP contribution in [0.4, 0.5) is 10.1 Å². The van der Waals surface area contributed by atoms with Crippen LogP contribution in [-0.2, 0) is 6.67 Å². The molecule has 0 amide bonds. The van der Waals surface area contributed by atoms with Crippen molar-refractivity contribution in [2.75, 3.05) is 25.0 Å². The Morgan fingerprint density at radius 2 is 2.38 bits per heavy atom. The summed E-state index contributed by atoms with van der Waals surface area (Å²) in [7, 11) is 0. The SMILES string of the molecule is FCc1ccc(NCC2CCNC2)c(Br)c1. The first-order valence-corrected chi connectivity index (χ1v) is 6.38. The number of hydrogen-bond donors (Lipinski definition) is 2. The highest BCUT2D eigenvalue weighted by Gasteiger charge is 2.14. The van der Waals surface area contributed by atoms with Crippen molar-refractivity contribution in [3.63, 3.8) is 0 Å². The average Bonchev–Trinajstić information content (AvgIpc) is 2.80. The number of rotatable bonds is 4. The Morgan fingerprint density at radius 1 is 1.50 bits per heavy atom. The Morgan fingerprint density at radius 3 is 3.00 bits per heavy atom. The molecular weight excluding hydrogens is 271 g/mol. The number of hydrogen-bond acceptors (Lipinski definition) is 2. The van der Waals surface area contributed by atoms with Crippen LogP contribution >= 0.6 is 15.9 Å². The second kappa shape index (κ2) is 5.64. The molecule has 1 unspecified atom stereocenters. The van der Waals surface area contributed by atoms with Crippen molar-refractivity contribution in [2.45, 2.75) is 13.1 Å². The van der Waals surface area contributed by atoms with Crippen LogP contribution in [0.25, 0.3) is 0 Å². The Hall–Kier alpha value is -0.610. The van der Waals surface area contributed by atoms with E-state index < -0.39 is 6.67 Å². The van der Waals surface area contributed by atoms with Crippen molar-refractivity contribution in [3.05, 3.63) is 28.2 Å². The summed E-state index contributed by atoms with van der Waals surface area (Å²) in [6.45, 7) is 2.77. The maximum atomic E-state index is 12.4. The normalized spacial score (nSPS) is 20.0. The van der Waals surface area contributed by atoms with E-state index in [0.717, 1.165) is 29.8 Å². The summed E-state index contributed by atoms with van der Waals surface area (Å²) in [5, 5.41) is 6.74. The lowest BCUT2D eigenvalue weighted by molar-refractivity contribution is 0.485. The molecule has 1 saturated heterocycles. The number of benzene rings is 1. The van der Waals surface area contributed by atoms with E-state index in [2.05, 4.69) is 26.6 Å². The van der Waals surface area contributed by atoms with Crippen molar-refractivity contribution >= 4 is 21.6 Å². The summed E-state index contributed by atoms with van der Waals surface area (Å²) in [6.07, 6.45) is 1.23. The zero-order valence-corrected chi connectivity index (χ0v) is 10.7. The van der Waals surface area contributed by atoms with Gasteiger partial charge in [-0.1, -0.05) is 6.07 Å². The van der Waals surface area contributed by atoms with Crippen LogP contribution in [0.1, 0.15) is 12.0 Å². The van der Waals surface area contributed by atoms with Gasteiger partial charge in [0, 0.05) is 16.7 Å². The molecule has 1 atom stereocenters. The fourth-order valence-electron chi connectivity index (χ4n) is 1.93. The Kier molecular flexibility index (Phi) is 4.18. The lowest BCUT2D eigenvalue weighted by Crippen LogP contribution is -2.17. The summed E-state index contributed by atoms with van der Waals surface area (Å²) < 4.78 is 13.4. The quantitative estimate of drug-likeness (QED) is 0.889. The van der Waals surface area contributed by atoms with Gasteiger partial charge in [0.2, 0.25) is 0 Å². The molecule has 0 radical (unpaired) electrons. The van der Waals surface area contributed by atoms with Gasteiger partial charge in [-0.3, -0.25) is 0 Å². The first kappa shape index (κ1) is 11.9. The molecule has 1 fully saturated rings. The van der Waals surface area contributed by atoms with Gasteiger partial charge in [0.25, 0.3) is 0 Å². The highest BCUT2D eigenvalue weighted by atomic mass is 79.9. The van der Waals surface area contributed by atoms with Gasteiger partial charge in [-0.2, -0.15) is 0 Å². The van der Waals surface area contributed by atoms with Gasteiger partial charge < -0.3 is 10.6 Å². The van der Waals surface area contributed by atoms with Crippen LogP contribution in [0, 0.1) is 5.92 Å². The van der Waals surface area contributed by atoms with Crippen LogP contribution < -0.4 is 10.6 Å². The highest BCUT2D eigenvalue weighted by molar-refractivity contribution is 9.10. The van der Waals surface area contributed by atoms with Crippen LogP contribution in [0.3, 0.4) is 0 Å². The number of alkyl halides is 1. The fourth-order valence-corrected chi connectivity index (χ4v) is 2.49. The number of halogens is 2. The minimum Gasteiger partial charge on any atom is -0.384 e. The van der Waals surface area contributed by atoms with Gasteiger partial charge in [0.05, 0.1) is 0 Å². The van der Waals surface area contributed by atoms with Crippen LogP contribution in [0.2, 0.25) is 0 Å². The molecule has 1 aromatic rings. The topological polar surface area (TPSA) is 24.1 Å². The monoisotopic (exact) mass is 286 g/mol. The first-order valence-electron chi connectivity index (χ1n) is 5.58. The van der Waals surface area contributed by atoms with Gasteiger partial charge in [0.15, 0.2) is 0 Å². The smallest absolute Gasteiger partial charge is 0.115 e. The Labute approximate surface area is 104 Å². The molecule has 1 aliphatic rings. The van der Waals surface area contributed by atoms with Crippen LogP contribution in [0.5, 0.6) is 0 Å². The third-order valence-electron chi connectivity index (χ3n) is 2.93. The van der Waals surface area contributed by atoms with Crippen LogP contribution in [0.15, 0.2) is 22.7 Å². The zero-order valence-electron chi connectivity index (χ0n) is 9.10. The van der Waals surface area contributed by atoms with E-state index in [-0.39, 0.29) is 0 Å². The molecule has 1 aromatic carbocycles. The minimum atomic E-state index is -0.411. The molecule has 0 aromatic heterocycles. The van der Waals surface area contributed by atoms with E-state index in [1.807, 2.05) is 18.2 Å². The molecular formula is C12H16BrFN2. The standard InChI is InChI=1S/C12H16BrFN2/c13-11-5-9(6-14)1-2-12(11)16-8-10-3-4-15-7-10/h1-2,5,10,15-16H,3-4,6-8H2. The second-order valence-corrected chi connectivity index (χ2v) is 5.04. The average molecular weight is 287 g/mol. The third-order valence-corrected chi connectivity index (χ3v) is 3.59. The van der Waals surface area contributed by atoms with Gasteiger partial charge in [-0.15, -0.1) is 0 Å². The molecule has 1 heterocycles. The second-order valence-electron chi connectivity index (χ2n) is 4.19. The van der Waals surface area contributed by atoms with E-state index in [4.69, 9.17) is 0 Å². The number of nitrogens with one attached hydrogen (secondary N) is 2. The third kappa shape index (κ3) is 2.95.